The van der Waals surface area contributed by atoms with Crippen LogP contribution in [0.1, 0.15) is 39.2 Å². The van der Waals surface area contributed by atoms with Crippen LogP contribution in [0.2, 0.25) is 0 Å². The van der Waals surface area contributed by atoms with E-state index in [9.17, 15) is 4.79 Å². The second-order valence-electron chi connectivity index (χ2n) is 4.62. The molecule has 1 aromatic rings. The molecule has 1 rings (SSSR count). The first-order valence-corrected chi connectivity index (χ1v) is 7.11. The van der Waals surface area contributed by atoms with Crippen molar-refractivity contribution in [2.45, 2.75) is 40.0 Å². The maximum absolute atomic E-state index is 12.5. The first kappa shape index (κ1) is 15.6. The van der Waals surface area contributed by atoms with E-state index in [0.717, 1.165) is 17.7 Å². The molecule has 1 aromatic carbocycles. The van der Waals surface area contributed by atoms with E-state index >= 15 is 0 Å². The molecule has 1 amide bonds. The maximum Gasteiger partial charge on any atom is 0.237 e. The SMILES string of the molecule is CCc1ccccc1NC(=O)C(CC)(CC)C(N)=S. The molecule has 0 aliphatic rings. The number of thiocarbonyl (C=S) groups is 1. The van der Waals surface area contributed by atoms with Gasteiger partial charge in [-0.25, -0.2) is 0 Å². The van der Waals surface area contributed by atoms with Gasteiger partial charge >= 0.3 is 0 Å². The van der Waals surface area contributed by atoms with Gasteiger partial charge in [0.05, 0.1) is 10.4 Å². The zero-order valence-corrected chi connectivity index (χ0v) is 12.6. The van der Waals surface area contributed by atoms with E-state index in [-0.39, 0.29) is 10.9 Å². The monoisotopic (exact) mass is 278 g/mol. The van der Waals surface area contributed by atoms with E-state index in [1.807, 2.05) is 38.1 Å². The molecule has 0 aromatic heterocycles. The fraction of sp³-hybridized carbons (Fsp3) is 0.467. The molecule has 104 valence electrons. The second-order valence-corrected chi connectivity index (χ2v) is 5.06. The van der Waals surface area contributed by atoms with Crippen molar-refractivity contribution in [3.8, 4) is 0 Å². The fourth-order valence-corrected chi connectivity index (χ4v) is 2.61. The Hall–Kier alpha value is -1.42. The summed E-state index contributed by atoms with van der Waals surface area (Å²) in [7, 11) is 0. The van der Waals surface area contributed by atoms with Crippen molar-refractivity contribution < 1.29 is 4.79 Å². The van der Waals surface area contributed by atoms with E-state index in [0.29, 0.717) is 12.8 Å². The molecule has 0 heterocycles. The third kappa shape index (κ3) is 3.13. The van der Waals surface area contributed by atoms with Crippen molar-refractivity contribution in [2.24, 2.45) is 11.1 Å². The molecule has 0 radical (unpaired) electrons. The van der Waals surface area contributed by atoms with Crippen LogP contribution in [0.15, 0.2) is 24.3 Å². The number of para-hydroxylation sites is 1. The van der Waals surface area contributed by atoms with Crippen LogP contribution in [0, 0.1) is 5.41 Å². The highest BCUT2D eigenvalue weighted by Gasteiger charge is 2.38. The quantitative estimate of drug-likeness (QED) is 0.785. The van der Waals surface area contributed by atoms with Gasteiger partial charge < -0.3 is 11.1 Å². The fourth-order valence-electron chi connectivity index (χ4n) is 2.22. The lowest BCUT2D eigenvalue weighted by Crippen LogP contribution is -2.45. The molecule has 3 nitrogen and oxygen atoms in total. The zero-order valence-electron chi connectivity index (χ0n) is 11.8. The first-order chi connectivity index (χ1) is 9.01. The summed E-state index contributed by atoms with van der Waals surface area (Å²) in [5, 5.41) is 2.98. The predicted molar refractivity (Wildman–Crippen MR) is 84.3 cm³/mol. The first-order valence-electron chi connectivity index (χ1n) is 6.71. The molecule has 4 heteroatoms. The van der Waals surface area contributed by atoms with E-state index in [2.05, 4.69) is 12.2 Å². The summed E-state index contributed by atoms with van der Waals surface area (Å²) in [6.07, 6.45) is 2.09. The molecule has 0 spiro atoms. The summed E-state index contributed by atoms with van der Waals surface area (Å²) in [6.45, 7) is 5.94. The van der Waals surface area contributed by atoms with E-state index in [1.165, 1.54) is 0 Å². The van der Waals surface area contributed by atoms with Gasteiger partial charge in [-0.05, 0) is 30.9 Å². The third-order valence-corrected chi connectivity index (χ3v) is 4.15. The smallest absolute Gasteiger partial charge is 0.237 e. The molecule has 0 saturated heterocycles. The molecule has 0 unspecified atom stereocenters. The molecule has 0 bridgehead atoms. The highest BCUT2D eigenvalue weighted by molar-refractivity contribution is 7.80. The average molecular weight is 278 g/mol. The molecule has 0 fully saturated rings. The van der Waals surface area contributed by atoms with Crippen LogP contribution in [-0.2, 0) is 11.2 Å². The number of nitrogens with two attached hydrogens (primary N) is 1. The third-order valence-electron chi connectivity index (χ3n) is 3.76. The summed E-state index contributed by atoms with van der Waals surface area (Å²) >= 11 is 5.10. The molecule has 0 aliphatic carbocycles. The number of hydrogen-bond donors (Lipinski definition) is 2. The Labute approximate surface area is 120 Å². The van der Waals surface area contributed by atoms with Crippen molar-refractivity contribution in [1.29, 1.82) is 0 Å². The topological polar surface area (TPSA) is 55.1 Å². The van der Waals surface area contributed by atoms with Crippen molar-refractivity contribution in [3.63, 3.8) is 0 Å². The second kappa shape index (κ2) is 6.66. The van der Waals surface area contributed by atoms with Gasteiger partial charge in [-0.2, -0.15) is 0 Å². The van der Waals surface area contributed by atoms with E-state index < -0.39 is 5.41 Å². The van der Waals surface area contributed by atoms with Crippen LogP contribution in [0.4, 0.5) is 5.69 Å². The minimum absolute atomic E-state index is 0.106. The zero-order chi connectivity index (χ0) is 14.5. The van der Waals surface area contributed by atoms with E-state index in [1.54, 1.807) is 0 Å². The predicted octanol–water partition coefficient (Wildman–Crippen LogP) is 3.28. The van der Waals surface area contributed by atoms with Crippen LogP contribution in [0.25, 0.3) is 0 Å². The van der Waals surface area contributed by atoms with Crippen molar-refractivity contribution in [3.05, 3.63) is 29.8 Å². The number of nitrogens with one attached hydrogen (secondary N) is 1. The highest BCUT2D eigenvalue weighted by atomic mass is 32.1. The molecule has 19 heavy (non-hydrogen) atoms. The standard InChI is InChI=1S/C15H22N2OS/c1-4-11-9-7-8-10-12(11)17-14(18)15(5-2,6-3)13(16)19/h7-10H,4-6H2,1-3H3,(H2,16,19)(H,17,18). The minimum Gasteiger partial charge on any atom is -0.392 e. The number of aryl methyl sites for hydroxylation is 1. The van der Waals surface area contributed by atoms with Crippen molar-refractivity contribution in [1.82, 2.24) is 0 Å². The molecular formula is C15H22N2OS. The normalized spacial score (nSPS) is 11.1. The largest absolute Gasteiger partial charge is 0.392 e. The summed E-state index contributed by atoms with van der Waals surface area (Å²) in [5.74, 6) is -0.106. The summed E-state index contributed by atoms with van der Waals surface area (Å²) < 4.78 is 0. The lowest BCUT2D eigenvalue weighted by molar-refractivity contribution is -0.122. The van der Waals surface area contributed by atoms with Gasteiger partial charge in [-0.1, -0.05) is 51.2 Å². The lowest BCUT2D eigenvalue weighted by atomic mass is 9.81. The Morgan fingerprint density at radius 2 is 1.84 bits per heavy atom. The minimum atomic E-state index is -0.754. The summed E-state index contributed by atoms with van der Waals surface area (Å²) in [4.78, 5) is 12.8. The van der Waals surface area contributed by atoms with Crippen LogP contribution in [-0.4, -0.2) is 10.9 Å². The van der Waals surface area contributed by atoms with Crippen LogP contribution < -0.4 is 11.1 Å². The van der Waals surface area contributed by atoms with Gasteiger partial charge in [0.25, 0.3) is 0 Å². The van der Waals surface area contributed by atoms with Crippen LogP contribution >= 0.6 is 12.2 Å². The van der Waals surface area contributed by atoms with Gasteiger partial charge in [0.2, 0.25) is 5.91 Å². The number of rotatable bonds is 6. The molecule has 3 N–H and O–H groups in total. The van der Waals surface area contributed by atoms with Crippen molar-refractivity contribution in [2.75, 3.05) is 5.32 Å². The molecular weight excluding hydrogens is 256 g/mol. The molecule has 0 aliphatic heterocycles. The Bertz CT molecular complexity index is 467. The number of anilines is 1. The van der Waals surface area contributed by atoms with Gasteiger partial charge in [0.15, 0.2) is 0 Å². The van der Waals surface area contributed by atoms with Gasteiger partial charge in [0, 0.05) is 5.69 Å². The number of carbonyl (C=O) groups is 1. The Morgan fingerprint density at radius 1 is 1.26 bits per heavy atom. The van der Waals surface area contributed by atoms with Crippen LogP contribution in [0.5, 0.6) is 0 Å². The summed E-state index contributed by atoms with van der Waals surface area (Å²) in [5.41, 5.74) is 6.99. The van der Waals surface area contributed by atoms with Crippen molar-refractivity contribution >= 4 is 28.8 Å². The Kier molecular flexibility index (Phi) is 5.48. The number of hydrogen-bond acceptors (Lipinski definition) is 2. The Morgan fingerprint density at radius 3 is 2.32 bits per heavy atom. The molecule has 0 atom stereocenters. The number of benzene rings is 1. The number of carbonyl (C=O) groups excluding carboxylic acids is 1. The highest BCUT2D eigenvalue weighted by Crippen LogP contribution is 2.29. The number of amides is 1. The Balaban J connectivity index is 3.04. The van der Waals surface area contributed by atoms with Gasteiger partial charge in [0.1, 0.15) is 0 Å². The van der Waals surface area contributed by atoms with Gasteiger partial charge in [-0.3, -0.25) is 4.79 Å². The molecule has 0 saturated carbocycles. The maximum atomic E-state index is 12.5. The van der Waals surface area contributed by atoms with Gasteiger partial charge in [-0.15, -0.1) is 0 Å². The lowest BCUT2D eigenvalue weighted by Gasteiger charge is -2.29. The average Bonchev–Trinajstić information content (AvgIpc) is 2.41. The van der Waals surface area contributed by atoms with E-state index in [4.69, 9.17) is 18.0 Å². The van der Waals surface area contributed by atoms with Crippen LogP contribution in [0.3, 0.4) is 0 Å². The summed E-state index contributed by atoms with van der Waals surface area (Å²) in [6, 6.07) is 7.80.